The van der Waals surface area contributed by atoms with Crippen molar-refractivity contribution in [2.75, 3.05) is 6.61 Å². The summed E-state index contributed by atoms with van der Waals surface area (Å²) < 4.78 is 30.3. The first-order valence-electron chi connectivity index (χ1n) is 5.41. The Labute approximate surface area is 100 Å². The van der Waals surface area contributed by atoms with Crippen LogP contribution in [0.25, 0.3) is 0 Å². The molecule has 0 saturated carbocycles. The first-order chi connectivity index (χ1) is 8.06. The van der Waals surface area contributed by atoms with Crippen molar-refractivity contribution in [1.29, 1.82) is 0 Å². The minimum absolute atomic E-state index is 0.120. The van der Waals surface area contributed by atoms with Gasteiger partial charge in [-0.3, -0.25) is 0 Å². The number of hydrogen-bond donors (Lipinski definition) is 0. The molecule has 0 fully saturated rings. The lowest BCUT2D eigenvalue weighted by Gasteiger charge is -2.09. The van der Waals surface area contributed by atoms with Gasteiger partial charge >= 0.3 is 5.97 Å². The van der Waals surface area contributed by atoms with Gasteiger partial charge in [0, 0.05) is 5.56 Å². The summed E-state index contributed by atoms with van der Waals surface area (Å²) in [5.74, 6) is -0.728. The summed E-state index contributed by atoms with van der Waals surface area (Å²) in [5, 5.41) is 0. The first-order valence-corrected chi connectivity index (χ1v) is 5.41. The molecule has 0 aliphatic rings. The number of benzene rings is 1. The average molecular weight is 238 g/mol. The van der Waals surface area contributed by atoms with E-state index in [1.54, 1.807) is 0 Å². The Bertz CT molecular complexity index is 394. The van der Waals surface area contributed by atoms with Gasteiger partial charge in [-0.25, -0.2) is 13.6 Å². The van der Waals surface area contributed by atoms with Crippen LogP contribution < -0.4 is 5.46 Å². The Kier molecular flexibility index (Phi) is 5.13. The zero-order chi connectivity index (χ0) is 12.8. The third-order valence-corrected chi connectivity index (χ3v) is 2.26. The van der Waals surface area contributed by atoms with Gasteiger partial charge in [0.2, 0.25) is 0 Å². The minimum Gasteiger partial charge on any atom is -0.462 e. The van der Waals surface area contributed by atoms with E-state index in [0.717, 1.165) is 12.5 Å². The molecule has 1 aromatic rings. The quantitative estimate of drug-likeness (QED) is 0.447. The highest BCUT2D eigenvalue weighted by atomic mass is 19.3. The molecule has 2 radical (unpaired) electrons. The number of hydrogen-bond acceptors (Lipinski definition) is 2. The van der Waals surface area contributed by atoms with Gasteiger partial charge in [0.1, 0.15) is 7.85 Å². The van der Waals surface area contributed by atoms with Crippen LogP contribution in [0.1, 0.15) is 42.1 Å². The van der Waals surface area contributed by atoms with Crippen LogP contribution in [0.5, 0.6) is 0 Å². The normalized spacial score (nSPS) is 10.6. The molecule has 2 nitrogen and oxygen atoms in total. The molecule has 1 rings (SSSR count). The molecule has 0 aliphatic heterocycles. The number of alkyl halides is 2. The maximum Gasteiger partial charge on any atom is 0.338 e. The number of ether oxygens (including phenoxy) is 1. The monoisotopic (exact) mass is 238 g/mol. The minimum atomic E-state index is -2.74. The predicted octanol–water partition coefficient (Wildman–Crippen LogP) is 2.37. The second kappa shape index (κ2) is 6.37. The van der Waals surface area contributed by atoms with Gasteiger partial charge < -0.3 is 4.74 Å². The summed E-state index contributed by atoms with van der Waals surface area (Å²) >= 11 is 0. The van der Waals surface area contributed by atoms with Gasteiger partial charge in [0.15, 0.2) is 0 Å². The number of esters is 1. The standard InChI is InChI=1S/C12H13BF2O2/c1-2-3-6-17-12(16)9-5-4-8(13)7-10(9)11(14)15/h4-5,7,11H,2-3,6H2,1H3. The van der Waals surface area contributed by atoms with Crippen molar-refractivity contribution in [2.24, 2.45) is 0 Å². The first kappa shape index (κ1) is 13.7. The molecule has 5 heteroatoms. The molecular weight excluding hydrogens is 225 g/mol. The highest BCUT2D eigenvalue weighted by Crippen LogP contribution is 2.22. The van der Waals surface area contributed by atoms with Crippen LogP contribution in [-0.2, 0) is 4.74 Å². The topological polar surface area (TPSA) is 26.3 Å². The number of unbranched alkanes of at least 4 members (excludes halogenated alkanes) is 1. The molecule has 1 aromatic carbocycles. The van der Waals surface area contributed by atoms with E-state index >= 15 is 0 Å². The van der Waals surface area contributed by atoms with Crippen molar-refractivity contribution in [3.05, 3.63) is 29.3 Å². The molecule has 17 heavy (non-hydrogen) atoms. The van der Waals surface area contributed by atoms with E-state index in [0.29, 0.717) is 6.42 Å². The molecule has 0 unspecified atom stereocenters. The lowest BCUT2D eigenvalue weighted by molar-refractivity contribution is 0.0489. The molecule has 0 aliphatic carbocycles. The fraction of sp³-hybridized carbons (Fsp3) is 0.417. The SMILES string of the molecule is [B]c1ccc(C(=O)OCCCC)c(C(F)F)c1. The van der Waals surface area contributed by atoms with E-state index in [4.69, 9.17) is 12.6 Å². The van der Waals surface area contributed by atoms with Crippen molar-refractivity contribution in [3.8, 4) is 0 Å². The van der Waals surface area contributed by atoms with Crippen LogP contribution in [0.2, 0.25) is 0 Å². The summed E-state index contributed by atoms with van der Waals surface area (Å²) in [6, 6.07) is 3.77. The van der Waals surface area contributed by atoms with Crippen molar-refractivity contribution in [3.63, 3.8) is 0 Å². The third-order valence-electron chi connectivity index (χ3n) is 2.26. The Morgan fingerprint density at radius 2 is 2.18 bits per heavy atom. The van der Waals surface area contributed by atoms with Crippen LogP contribution in [0.4, 0.5) is 8.78 Å². The second-order valence-corrected chi connectivity index (χ2v) is 3.64. The molecule has 0 aromatic heterocycles. The fourth-order valence-electron chi connectivity index (χ4n) is 1.33. The molecule has 90 valence electrons. The number of halogens is 2. The van der Waals surface area contributed by atoms with E-state index in [-0.39, 0.29) is 23.2 Å². The molecule has 0 N–H and O–H groups in total. The van der Waals surface area contributed by atoms with Gasteiger partial charge in [0.05, 0.1) is 12.2 Å². The van der Waals surface area contributed by atoms with E-state index in [9.17, 15) is 13.6 Å². The maximum atomic E-state index is 12.7. The van der Waals surface area contributed by atoms with E-state index in [2.05, 4.69) is 0 Å². The fourth-order valence-corrected chi connectivity index (χ4v) is 1.33. The van der Waals surface area contributed by atoms with Crippen molar-refractivity contribution < 1.29 is 18.3 Å². The number of carbonyl (C=O) groups is 1. The molecule has 0 atom stereocenters. The Hall–Kier alpha value is -1.39. The van der Waals surface area contributed by atoms with Crippen molar-refractivity contribution in [1.82, 2.24) is 0 Å². The van der Waals surface area contributed by atoms with E-state index in [1.807, 2.05) is 6.92 Å². The lowest BCUT2D eigenvalue weighted by Crippen LogP contribution is -2.13. The van der Waals surface area contributed by atoms with Gasteiger partial charge in [-0.15, -0.1) is 0 Å². The molecule has 0 amide bonds. The summed E-state index contributed by atoms with van der Waals surface area (Å²) in [6.07, 6.45) is -1.16. The smallest absolute Gasteiger partial charge is 0.338 e. The second-order valence-electron chi connectivity index (χ2n) is 3.64. The predicted molar refractivity (Wildman–Crippen MR) is 62.0 cm³/mol. The molecule has 0 bridgehead atoms. The van der Waals surface area contributed by atoms with Crippen LogP contribution in [0.15, 0.2) is 18.2 Å². The highest BCUT2D eigenvalue weighted by molar-refractivity contribution is 6.32. The van der Waals surface area contributed by atoms with Crippen molar-refractivity contribution in [2.45, 2.75) is 26.2 Å². The Balaban J connectivity index is 2.85. The zero-order valence-electron chi connectivity index (χ0n) is 9.58. The summed E-state index contributed by atoms with van der Waals surface area (Å²) in [5.41, 5.74) is -0.304. The Morgan fingerprint density at radius 1 is 1.47 bits per heavy atom. The number of carbonyl (C=O) groups excluding carboxylic acids is 1. The summed E-state index contributed by atoms with van der Waals surface area (Å²) in [4.78, 5) is 11.6. The molecule has 0 saturated heterocycles. The van der Waals surface area contributed by atoms with Crippen LogP contribution in [0, 0.1) is 0 Å². The van der Waals surface area contributed by atoms with Crippen LogP contribution in [-0.4, -0.2) is 20.4 Å². The summed E-state index contributed by atoms with van der Waals surface area (Å²) in [6.45, 7) is 2.18. The van der Waals surface area contributed by atoms with Gasteiger partial charge in [-0.2, -0.15) is 0 Å². The lowest BCUT2D eigenvalue weighted by atomic mass is 9.92. The largest absolute Gasteiger partial charge is 0.462 e. The van der Waals surface area contributed by atoms with Crippen molar-refractivity contribution >= 4 is 19.3 Å². The number of rotatable bonds is 5. The van der Waals surface area contributed by atoms with E-state index in [1.165, 1.54) is 12.1 Å². The van der Waals surface area contributed by atoms with Gasteiger partial charge in [-0.05, 0) is 12.5 Å². The zero-order valence-corrected chi connectivity index (χ0v) is 9.58. The molecule has 0 heterocycles. The Morgan fingerprint density at radius 3 is 2.76 bits per heavy atom. The van der Waals surface area contributed by atoms with E-state index < -0.39 is 12.4 Å². The van der Waals surface area contributed by atoms with Gasteiger partial charge in [0.25, 0.3) is 6.43 Å². The third kappa shape index (κ3) is 3.84. The average Bonchev–Trinajstić information content (AvgIpc) is 2.29. The van der Waals surface area contributed by atoms with Crippen LogP contribution >= 0.6 is 0 Å². The van der Waals surface area contributed by atoms with Crippen LogP contribution in [0.3, 0.4) is 0 Å². The van der Waals surface area contributed by atoms with Gasteiger partial charge in [-0.1, -0.05) is 30.9 Å². The molecule has 0 spiro atoms. The highest BCUT2D eigenvalue weighted by Gasteiger charge is 2.19. The summed E-state index contributed by atoms with van der Waals surface area (Å²) in [7, 11) is 5.40. The maximum absolute atomic E-state index is 12.7. The molecular formula is C12H13BF2O2.